The molecule has 2 heteroatoms. The Bertz CT molecular complexity index is 753. The van der Waals surface area contributed by atoms with Crippen LogP contribution in [0.1, 0.15) is 180 Å². The number of hydrogen-bond donors (Lipinski definition) is 0. The fourth-order valence-electron chi connectivity index (χ4n) is 6.53. The molecule has 2 unspecified atom stereocenters. The number of hydrogen-bond acceptors (Lipinski definition) is 1. The highest BCUT2D eigenvalue weighted by atomic mass is 15.1. The van der Waals surface area contributed by atoms with Gasteiger partial charge in [-0.05, 0) is 30.7 Å². The van der Waals surface area contributed by atoms with E-state index >= 15 is 0 Å². The lowest BCUT2D eigenvalue weighted by molar-refractivity contribution is 0.275. The van der Waals surface area contributed by atoms with Crippen molar-refractivity contribution < 1.29 is 0 Å². The van der Waals surface area contributed by atoms with E-state index in [-0.39, 0.29) is 0 Å². The molecule has 2 atom stereocenters. The van der Waals surface area contributed by atoms with E-state index in [1.165, 1.54) is 166 Å². The predicted molar refractivity (Wildman–Crippen MR) is 177 cm³/mol. The largest absolute Gasteiger partial charge is 0.334 e. The van der Waals surface area contributed by atoms with Crippen LogP contribution >= 0.6 is 0 Å². The summed E-state index contributed by atoms with van der Waals surface area (Å²) >= 11 is 0. The van der Waals surface area contributed by atoms with E-state index in [1.54, 1.807) is 0 Å². The molecule has 0 aliphatic rings. The van der Waals surface area contributed by atoms with Crippen molar-refractivity contribution in [1.82, 2.24) is 9.55 Å². The minimum Gasteiger partial charge on any atom is -0.334 e. The maximum absolute atomic E-state index is 4.46. The first kappa shape index (κ1) is 34.6. The molecule has 0 radical (unpaired) electrons. The Labute approximate surface area is 250 Å². The molecule has 40 heavy (non-hydrogen) atoms. The summed E-state index contributed by atoms with van der Waals surface area (Å²) in [6.07, 6.45) is 41.3. The highest BCUT2D eigenvalue weighted by Gasteiger charge is 2.23. The van der Waals surface area contributed by atoms with Crippen LogP contribution in [0.4, 0.5) is 0 Å². The predicted octanol–water partition coefficient (Wildman–Crippen LogP) is 12.7. The van der Waals surface area contributed by atoms with Crippen LogP contribution in [0.2, 0.25) is 0 Å². The molecule has 0 aliphatic heterocycles. The third kappa shape index (κ3) is 17.3. The third-order valence-corrected chi connectivity index (χ3v) is 9.07. The first-order valence-corrected chi connectivity index (χ1v) is 17.9. The molecule has 2 aromatic rings. The zero-order valence-corrected chi connectivity index (χ0v) is 26.8. The van der Waals surface area contributed by atoms with Crippen LogP contribution in [0.5, 0.6) is 0 Å². The quantitative estimate of drug-likeness (QED) is 0.0963. The van der Waals surface area contributed by atoms with Gasteiger partial charge >= 0.3 is 0 Å². The van der Waals surface area contributed by atoms with Gasteiger partial charge in [-0.2, -0.15) is 0 Å². The van der Waals surface area contributed by atoms with Crippen LogP contribution in [0, 0.1) is 5.92 Å². The van der Waals surface area contributed by atoms with Crippen LogP contribution in [-0.4, -0.2) is 9.55 Å². The normalized spacial score (nSPS) is 13.1. The number of benzene rings is 1. The van der Waals surface area contributed by atoms with Gasteiger partial charge in [-0.15, -0.1) is 0 Å². The van der Waals surface area contributed by atoms with Gasteiger partial charge in [-0.1, -0.05) is 185 Å². The summed E-state index contributed by atoms with van der Waals surface area (Å²) in [6.45, 7) is 4.61. The molecule has 2 rings (SSSR count). The summed E-state index contributed by atoms with van der Waals surface area (Å²) in [7, 11) is 0. The van der Waals surface area contributed by atoms with E-state index in [9.17, 15) is 0 Å². The van der Waals surface area contributed by atoms with Crippen molar-refractivity contribution in [2.24, 2.45) is 5.92 Å². The fraction of sp³-hybridized carbons (Fsp3) is 0.763. The molecule has 1 aromatic heterocycles. The fourth-order valence-corrected chi connectivity index (χ4v) is 6.53. The van der Waals surface area contributed by atoms with E-state index < -0.39 is 0 Å². The molecule has 1 heterocycles. The second-order valence-corrected chi connectivity index (χ2v) is 12.7. The molecule has 0 N–H and O–H groups in total. The summed E-state index contributed by atoms with van der Waals surface area (Å²) in [4.78, 5) is 4.46. The van der Waals surface area contributed by atoms with Crippen molar-refractivity contribution in [2.75, 3.05) is 0 Å². The second kappa shape index (κ2) is 25.2. The molecule has 1 aromatic carbocycles. The van der Waals surface area contributed by atoms with E-state index in [0.29, 0.717) is 12.0 Å². The maximum Gasteiger partial charge on any atom is 0.0948 e. The zero-order valence-electron chi connectivity index (χ0n) is 26.8. The third-order valence-electron chi connectivity index (χ3n) is 9.07. The highest BCUT2D eigenvalue weighted by molar-refractivity contribution is 5.15. The van der Waals surface area contributed by atoms with Crippen LogP contribution in [0.25, 0.3) is 0 Å². The topological polar surface area (TPSA) is 17.8 Å². The monoisotopic (exact) mass is 551 g/mol. The molecule has 0 spiro atoms. The van der Waals surface area contributed by atoms with Crippen LogP contribution in [0.15, 0.2) is 49.1 Å². The van der Waals surface area contributed by atoms with Gasteiger partial charge in [0.25, 0.3) is 0 Å². The average Bonchev–Trinajstić information content (AvgIpc) is 3.51. The standard InChI is InChI=1S/C38H66N2/c1-3-5-7-9-11-13-14-15-16-18-20-22-27-31-38(40-33-32-39-35-40)37(34-36-28-24-23-25-29-36)30-26-21-19-17-12-10-8-6-4-2/h23-25,28-29,32-33,35,37-38H,3-22,26-27,30-31,34H2,1-2H3. The van der Waals surface area contributed by atoms with Crippen molar-refractivity contribution in [3.05, 3.63) is 54.6 Å². The van der Waals surface area contributed by atoms with E-state index in [1.807, 2.05) is 6.20 Å². The van der Waals surface area contributed by atoms with Gasteiger partial charge in [-0.3, -0.25) is 0 Å². The zero-order chi connectivity index (χ0) is 28.4. The Balaban J connectivity index is 1.73. The lowest BCUT2D eigenvalue weighted by Gasteiger charge is -2.29. The SMILES string of the molecule is CCCCCCCCCCCCCCCC(C(CCCCCCCCCCC)Cc1ccccc1)n1ccnc1. The average molecular weight is 551 g/mol. The van der Waals surface area contributed by atoms with Gasteiger partial charge in [-0.25, -0.2) is 4.98 Å². The van der Waals surface area contributed by atoms with Gasteiger partial charge in [0.2, 0.25) is 0 Å². The lowest BCUT2D eigenvalue weighted by atomic mass is 9.84. The molecular weight excluding hydrogens is 484 g/mol. The molecule has 0 saturated carbocycles. The molecule has 0 fully saturated rings. The first-order chi connectivity index (χ1) is 19.8. The Morgan fingerprint density at radius 3 is 1.45 bits per heavy atom. The Morgan fingerprint density at radius 2 is 1.00 bits per heavy atom. The smallest absolute Gasteiger partial charge is 0.0948 e. The molecule has 228 valence electrons. The van der Waals surface area contributed by atoms with Crippen molar-refractivity contribution in [3.63, 3.8) is 0 Å². The Hall–Kier alpha value is -1.57. The maximum atomic E-state index is 4.46. The summed E-state index contributed by atoms with van der Waals surface area (Å²) < 4.78 is 2.45. The second-order valence-electron chi connectivity index (χ2n) is 12.7. The van der Waals surface area contributed by atoms with Crippen molar-refractivity contribution in [2.45, 2.75) is 180 Å². The number of nitrogens with zero attached hydrogens (tertiary/aromatic N) is 2. The summed E-state index contributed by atoms with van der Waals surface area (Å²) in [5.74, 6) is 0.693. The molecular formula is C38H66N2. The minimum absolute atomic E-state index is 0.574. The van der Waals surface area contributed by atoms with Gasteiger partial charge in [0, 0.05) is 18.4 Å². The lowest BCUT2D eigenvalue weighted by Crippen LogP contribution is -2.21. The van der Waals surface area contributed by atoms with Gasteiger partial charge < -0.3 is 4.57 Å². The molecule has 0 amide bonds. The number of rotatable bonds is 28. The minimum atomic E-state index is 0.574. The van der Waals surface area contributed by atoms with Gasteiger partial charge in [0.1, 0.15) is 0 Å². The van der Waals surface area contributed by atoms with Crippen molar-refractivity contribution in [3.8, 4) is 0 Å². The number of imidazole rings is 1. The number of aromatic nitrogens is 2. The molecule has 2 nitrogen and oxygen atoms in total. The first-order valence-electron chi connectivity index (χ1n) is 17.9. The van der Waals surface area contributed by atoms with Crippen molar-refractivity contribution in [1.29, 1.82) is 0 Å². The van der Waals surface area contributed by atoms with E-state index in [4.69, 9.17) is 0 Å². The van der Waals surface area contributed by atoms with Crippen molar-refractivity contribution >= 4 is 0 Å². The van der Waals surface area contributed by atoms with E-state index in [2.05, 4.69) is 66.3 Å². The summed E-state index contributed by atoms with van der Waals surface area (Å²) in [6, 6.07) is 11.8. The molecule has 0 bridgehead atoms. The molecule has 0 saturated heterocycles. The van der Waals surface area contributed by atoms with Crippen LogP contribution in [-0.2, 0) is 6.42 Å². The molecule has 0 aliphatic carbocycles. The number of unbranched alkanes of at least 4 members (excludes halogenated alkanes) is 20. The highest BCUT2D eigenvalue weighted by Crippen LogP contribution is 2.32. The van der Waals surface area contributed by atoms with Crippen LogP contribution < -0.4 is 0 Å². The van der Waals surface area contributed by atoms with Gasteiger partial charge in [0.15, 0.2) is 0 Å². The van der Waals surface area contributed by atoms with E-state index in [0.717, 1.165) is 0 Å². The van der Waals surface area contributed by atoms with Crippen LogP contribution in [0.3, 0.4) is 0 Å². The summed E-state index contributed by atoms with van der Waals surface area (Å²) in [5, 5.41) is 0. The van der Waals surface area contributed by atoms with Gasteiger partial charge in [0.05, 0.1) is 6.33 Å². The Morgan fingerprint density at radius 1 is 0.550 bits per heavy atom. The Kier molecular flexibility index (Phi) is 21.8. The summed E-state index contributed by atoms with van der Waals surface area (Å²) in [5.41, 5.74) is 1.50.